The largest absolute Gasteiger partial charge is 0.486 e. The number of para-hydroxylation sites is 1. The molecule has 2 aromatic carbocycles. The Bertz CT molecular complexity index is 1040. The maximum atomic E-state index is 12.9. The summed E-state index contributed by atoms with van der Waals surface area (Å²) in [5, 5.41) is 5.84. The highest BCUT2D eigenvalue weighted by Gasteiger charge is 2.25. The van der Waals surface area contributed by atoms with E-state index in [1.54, 1.807) is 17.0 Å². The highest BCUT2D eigenvalue weighted by molar-refractivity contribution is 5.92. The first kappa shape index (κ1) is 21.4. The molecule has 0 saturated carbocycles. The fourth-order valence-corrected chi connectivity index (χ4v) is 3.47. The molecule has 1 aliphatic heterocycles. The lowest BCUT2D eigenvalue weighted by Gasteiger charge is -2.32. The molecule has 0 aliphatic carbocycles. The van der Waals surface area contributed by atoms with E-state index in [1.807, 2.05) is 30.3 Å². The molecule has 1 saturated heterocycles. The second-order valence-corrected chi connectivity index (χ2v) is 7.54. The molecule has 166 valence electrons. The highest BCUT2D eigenvalue weighted by Crippen LogP contribution is 2.17. The zero-order valence-corrected chi connectivity index (χ0v) is 17.4. The Labute approximate surface area is 185 Å². The number of halogens is 1. The normalized spacial score (nSPS) is 14.1. The summed E-state index contributed by atoms with van der Waals surface area (Å²) < 4.78 is 24.0. The van der Waals surface area contributed by atoms with Gasteiger partial charge in [-0.3, -0.25) is 4.79 Å². The summed E-state index contributed by atoms with van der Waals surface area (Å²) in [6.07, 6.45) is 1.32. The van der Waals surface area contributed by atoms with Crippen LogP contribution in [-0.4, -0.2) is 36.0 Å². The Hall–Kier alpha value is -3.81. The fraction of sp³-hybridized carbons (Fsp3) is 0.250. The van der Waals surface area contributed by atoms with E-state index in [1.165, 1.54) is 24.3 Å². The number of carbonyl (C=O) groups excluding carboxylic acids is 2. The van der Waals surface area contributed by atoms with Crippen LogP contribution in [0.1, 0.15) is 29.2 Å². The standard InChI is InChI=1S/C24H24FN3O4/c25-17-6-8-20(9-7-17)31-16-21-10-11-22(32-21)23(29)26-19-12-14-28(15-13-19)24(30)27-18-4-2-1-3-5-18/h1-11,19H,12-16H2,(H,26,29)(H,27,30). The van der Waals surface area contributed by atoms with Gasteiger partial charge in [-0.2, -0.15) is 0 Å². The number of urea groups is 1. The molecule has 0 unspecified atom stereocenters. The van der Waals surface area contributed by atoms with E-state index in [0.29, 0.717) is 37.4 Å². The first-order valence-electron chi connectivity index (χ1n) is 10.5. The van der Waals surface area contributed by atoms with Crippen molar-refractivity contribution in [2.75, 3.05) is 18.4 Å². The minimum absolute atomic E-state index is 0.0349. The molecule has 0 atom stereocenters. The third-order valence-corrected chi connectivity index (χ3v) is 5.22. The van der Waals surface area contributed by atoms with E-state index in [2.05, 4.69) is 10.6 Å². The van der Waals surface area contributed by atoms with Crippen LogP contribution >= 0.6 is 0 Å². The van der Waals surface area contributed by atoms with Gasteiger partial charge in [-0.15, -0.1) is 0 Å². The lowest BCUT2D eigenvalue weighted by molar-refractivity contribution is 0.0887. The molecule has 2 heterocycles. The van der Waals surface area contributed by atoms with Crippen LogP contribution in [0.25, 0.3) is 0 Å². The van der Waals surface area contributed by atoms with Gasteiger partial charge in [0.1, 0.15) is 23.9 Å². The van der Waals surface area contributed by atoms with Gasteiger partial charge in [0.15, 0.2) is 5.76 Å². The maximum absolute atomic E-state index is 12.9. The van der Waals surface area contributed by atoms with E-state index in [-0.39, 0.29) is 36.2 Å². The molecule has 1 fully saturated rings. The second kappa shape index (κ2) is 10.00. The molecule has 3 amide bonds. The first-order chi connectivity index (χ1) is 15.6. The summed E-state index contributed by atoms with van der Waals surface area (Å²) >= 11 is 0. The number of rotatable bonds is 6. The van der Waals surface area contributed by atoms with Crippen molar-refractivity contribution in [1.82, 2.24) is 10.2 Å². The highest BCUT2D eigenvalue weighted by atomic mass is 19.1. The number of piperidine rings is 1. The first-order valence-corrected chi connectivity index (χ1v) is 10.5. The molecule has 4 rings (SSSR count). The van der Waals surface area contributed by atoms with Gasteiger partial charge < -0.3 is 24.7 Å². The van der Waals surface area contributed by atoms with Crippen molar-refractivity contribution < 1.29 is 23.1 Å². The minimum Gasteiger partial charge on any atom is -0.486 e. The van der Waals surface area contributed by atoms with E-state index in [0.717, 1.165) is 5.69 Å². The number of anilines is 1. The second-order valence-electron chi connectivity index (χ2n) is 7.54. The SMILES string of the molecule is O=C(NC1CCN(C(=O)Nc2ccccc2)CC1)c1ccc(COc2ccc(F)cc2)o1. The van der Waals surface area contributed by atoms with Gasteiger partial charge in [0.05, 0.1) is 0 Å². The number of carbonyl (C=O) groups is 2. The molecule has 32 heavy (non-hydrogen) atoms. The van der Waals surface area contributed by atoms with Crippen molar-refractivity contribution in [3.05, 3.63) is 84.1 Å². The average Bonchev–Trinajstić information content (AvgIpc) is 3.29. The van der Waals surface area contributed by atoms with E-state index < -0.39 is 0 Å². The van der Waals surface area contributed by atoms with Crippen LogP contribution in [0.15, 0.2) is 71.1 Å². The molecule has 2 N–H and O–H groups in total. The van der Waals surface area contributed by atoms with Crippen LogP contribution in [0.3, 0.4) is 0 Å². The number of nitrogens with zero attached hydrogens (tertiary/aromatic N) is 1. The topological polar surface area (TPSA) is 83.8 Å². The predicted octanol–water partition coefficient (Wildman–Crippen LogP) is 4.42. The van der Waals surface area contributed by atoms with Crippen LogP contribution < -0.4 is 15.4 Å². The summed E-state index contributed by atoms with van der Waals surface area (Å²) in [4.78, 5) is 26.6. The number of nitrogens with one attached hydrogen (secondary N) is 2. The summed E-state index contributed by atoms with van der Waals surface area (Å²) in [5.41, 5.74) is 0.755. The van der Waals surface area contributed by atoms with Gasteiger partial charge in [0.2, 0.25) is 0 Å². The lowest BCUT2D eigenvalue weighted by Crippen LogP contribution is -2.47. The zero-order valence-electron chi connectivity index (χ0n) is 17.4. The van der Waals surface area contributed by atoms with E-state index in [9.17, 15) is 14.0 Å². The van der Waals surface area contributed by atoms with Crippen LogP contribution in [0.4, 0.5) is 14.9 Å². The van der Waals surface area contributed by atoms with Crippen molar-refractivity contribution in [2.45, 2.75) is 25.5 Å². The van der Waals surface area contributed by atoms with Crippen molar-refractivity contribution in [2.24, 2.45) is 0 Å². The monoisotopic (exact) mass is 437 g/mol. The average molecular weight is 437 g/mol. The van der Waals surface area contributed by atoms with Gasteiger partial charge in [-0.05, 0) is 61.4 Å². The molecular formula is C24H24FN3O4. The molecule has 8 heteroatoms. The van der Waals surface area contributed by atoms with Crippen molar-refractivity contribution in [3.8, 4) is 5.75 Å². The van der Waals surface area contributed by atoms with Crippen molar-refractivity contribution >= 4 is 17.6 Å². The molecule has 0 bridgehead atoms. The third-order valence-electron chi connectivity index (χ3n) is 5.22. The third kappa shape index (κ3) is 5.66. The predicted molar refractivity (Wildman–Crippen MR) is 117 cm³/mol. The smallest absolute Gasteiger partial charge is 0.321 e. The Morgan fingerprint density at radius 1 is 1.00 bits per heavy atom. The van der Waals surface area contributed by atoms with Crippen LogP contribution in [-0.2, 0) is 6.61 Å². The van der Waals surface area contributed by atoms with Gasteiger partial charge in [-0.25, -0.2) is 9.18 Å². The minimum atomic E-state index is -0.336. The molecule has 1 aliphatic rings. The van der Waals surface area contributed by atoms with Gasteiger partial charge >= 0.3 is 6.03 Å². The summed E-state index contributed by atoms with van der Waals surface area (Å²) in [7, 11) is 0. The number of hydrogen-bond acceptors (Lipinski definition) is 4. The number of furan rings is 1. The van der Waals surface area contributed by atoms with Crippen LogP contribution in [0.5, 0.6) is 5.75 Å². The number of likely N-dealkylation sites (tertiary alicyclic amines) is 1. The quantitative estimate of drug-likeness (QED) is 0.598. The molecule has 7 nitrogen and oxygen atoms in total. The molecule has 0 radical (unpaired) electrons. The Balaban J connectivity index is 1.22. The summed E-state index contributed by atoms with van der Waals surface area (Å²) in [5.74, 6) is 0.567. The Kier molecular flexibility index (Phi) is 6.69. The number of hydrogen-bond donors (Lipinski definition) is 2. The molecule has 3 aromatic rings. The van der Waals surface area contributed by atoms with Gasteiger partial charge in [0.25, 0.3) is 5.91 Å². The molecule has 0 spiro atoms. The van der Waals surface area contributed by atoms with Crippen LogP contribution in [0.2, 0.25) is 0 Å². The maximum Gasteiger partial charge on any atom is 0.321 e. The summed E-state index contributed by atoms with van der Waals surface area (Å²) in [6.45, 7) is 1.24. The number of benzene rings is 2. The van der Waals surface area contributed by atoms with Gasteiger partial charge in [-0.1, -0.05) is 18.2 Å². The molecule has 1 aromatic heterocycles. The van der Waals surface area contributed by atoms with E-state index in [4.69, 9.17) is 9.15 Å². The van der Waals surface area contributed by atoms with Crippen molar-refractivity contribution in [1.29, 1.82) is 0 Å². The molecular weight excluding hydrogens is 413 g/mol. The van der Waals surface area contributed by atoms with E-state index >= 15 is 0 Å². The number of ether oxygens (including phenoxy) is 1. The lowest BCUT2D eigenvalue weighted by atomic mass is 10.1. The van der Waals surface area contributed by atoms with Crippen LogP contribution in [0, 0.1) is 5.82 Å². The Morgan fingerprint density at radius 3 is 2.44 bits per heavy atom. The van der Waals surface area contributed by atoms with Crippen molar-refractivity contribution in [3.63, 3.8) is 0 Å². The zero-order chi connectivity index (χ0) is 22.3. The number of amides is 3. The fourth-order valence-electron chi connectivity index (χ4n) is 3.47. The summed E-state index contributed by atoms with van der Waals surface area (Å²) in [6, 6.07) is 18.1. The van der Waals surface area contributed by atoms with Gasteiger partial charge in [0, 0.05) is 24.8 Å². The Morgan fingerprint density at radius 2 is 1.72 bits per heavy atom.